The monoisotopic (exact) mass is 249 g/mol. The van der Waals surface area contributed by atoms with Crippen molar-refractivity contribution in [1.29, 1.82) is 0 Å². The molecule has 0 aromatic carbocycles. The van der Waals surface area contributed by atoms with Crippen LogP contribution < -0.4 is 0 Å². The molecule has 18 heavy (non-hydrogen) atoms. The van der Waals surface area contributed by atoms with Gasteiger partial charge in [0.1, 0.15) is 5.69 Å². The number of likely N-dealkylation sites (tertiary alicyclic amines) is 1. The third-order valence-electron chi connectivity index (χ3n) is 3.13. The summed E-state index contributed by atoms with van der Waals surface area (Å²) in [6.45, 7) is 2.73. The Morgan fingerprint density at radius 2 is 1.94 bits per heavy atom. The number of nitrogens with zero attached hydrogens (tertiary/aromatic N) is 3. The lowest BCUT2D eigenvalue weighted by Gasteiger charge is -2.29. The maximum atomic E-state index is 12.1. The zero-order valence-electron chi connectivity index (χ0n) is 10.2. The summed E-state index contributed by atoms with van der Waals surface area (Å²) in [4.78, 5) is 32.6. The Kier molecular flexibility index (Phi) is 3.55. The Balaban J connectivity index is 1.99. The van der Waals surface area contributed by atoms with E-state index in [0.29, 0.717) is 31.6 Å². The van der Waals surface area contributed by atoms with Crippen molar-refractivity contribution < 1.29 is 14.7 Å². The molecule has 1 aliphatic rings. The van der Waals surface area contributed by atoms with Crippen LogP contribution in [0.5, 0.6) is 0 Å². The number of amides is 1. The van der Waals surface area contributed by atoms with Gasteiger partial charge in [0.15, 0.2) is 0 Å². The fraction of sp³-hybridized carbons (Fsp3) is 0.500. The maximum Gasteiger partial charge on any atom is 0.306 e. The van der Waals surface area contributed by atoms with Crippen molar-refractivity contribution in [2.24, 2.45) is 5.92 Å². The number of piperidine rings is 1. The average Bonchev–Trinajstić information content (AvgIpc) is 2.39. The van der Waals surface area contributed by atoms with E-state index in [4.69, 9.17) is 5.11 Å². The van der Waals surface area contributed by atoms with E-state index in [1.807, 2.05) is 0 Å². The average molecular weight is 249 g/mol. The van der Waals surface area contributed by atoms with Crippen molar-refractivity contribution in [2.75, 3.05) is 13.1 Å². The molecule has 6 heteroatoms. The van der Waals surface area contributed by atoms with Crippen LogP contribution in [0.1, 0.15) is 29.0 Å². The highest BCUT2D eigenvalue weighted by atomic mass is 16.4. The molecule has 0 aliphatic carbocycles. The lowest BCUT2D eigenvalue weighted by Crippen LogP contribution is -2.40. The van der Waals surface area contributed by atoms with Gasteiger partial charge in [-0.15, -0.1) is 0 Å². The highest BCUT2D eigenvalue weighted by Crippen LogP contribution is 2.18. The number of hydrogen-bond donors (Lipinski definition) is 1. The van der Waals surface area contributed by atoms with Gasteiger partial charge in [-0.3, -0.25) is 14.6 Å². The molecule has 1 amide bonds. The number of rotatable bonds is 2. The van der Waals surface area contributed by atoms with E-state index in [0.717, 1.165) is 5.69 Å². The number of carboxylic acid groups (broad SMARTS) is 1. The van der Waals surface area contributed by atoms with E-state index in [-0.39, 0.29) is 11.8 Å². The highest BCUT2D eigenvalue weighted by molar-refractivity contribution is 5.92. The first kappa shape index (κ1) is 12.5. The predicted molar refractivity (Wildman–Crippen MR) is 63.0 cm³/mol. The van der Waals surface area contributed by atoms with Gasteiger partial charge in [-0.05, 0) is 19.8 Å². The summed E-state index contributed by atoms with van der Waals surface area (Å²) in [5.74, 6) is -1.29. The zero-order valence-corrected chi connectivity index (χ0v) is 10.2. The van der Waals surface area contributed by atoms with Crippen LogP contribution in [0.4, 0.5) is 0 Å². The largest absolute Gasteiger partial charge is 0.481 e. The molecule has 96 valence electrons. The molecule has 1 aromatic rings. The van der Waals surface area contributed by atoms with E-state index in [9.17, 15) is 9.59 Å². The first-order valence-corrected chi connectivity index (χ1v) is 5.88. The molecule has 0 radical (unpaired) electrons. The molecule has 6 nitrogen and oxygen atoms in total. The van der Waals surface area contributed by atoms with Crippen molar-refractivity contribution in [1.82, 2.24) is 14.9 Å². The van der Waals surface area contributed by atoms with Gasteiger partial charge in [0.05, 0.1) is 17.8 Å². The molecule has 2 rings (SSSR count). The molecular weight excluding hydrogens is 234 g/mol. The maximum absolute atomic E-state index is 12.1. The normalized spacial score (nSPS) is 16.6. The lowest BCUT2D eigenvalue weighted by molar-refractivity contribution is -0.143. The van der Waals surface area contributed by atoms with E-state index < -0.39 is 5.97 Å². The van der Waals surface area contributed by atoms with Crippen molar-refractivity contribution in [3.63, 3.8) is 0 Å². The second kappa shape index (κ2) is 5.12. The summed E-state index contributed by atoms with van der Waals surface area (Å²) in [7, 11) is 0. The molecule has 0 unspecified atom stereocenters. The minimum atomic E-state index is -0.780. The van der Waals surface area contributed by atoms with Crippen LogP contribution in [-0.2, 0) is 4.79 Å². The van der Waals surface area contributed by atoms with E-state index in [2.05, 4.69) is 9.97 Å². The Bertz CT molecular complexity index is 450. The van der Waals surface area contributed by atoms with Crippen LogP contribution in [0, 0.1) is 12.8 Å². The summed E-state index contributed by atoms with van der Waals surface area (Å²) >= 11 is 0. The Morgan fingerprint density at radius 1 is 1.28 bits per heavy atom. The molecule has 1 N–H and O–H groups in total. The van der Waals surface area contributed by atoms with Gasteiger partial charge in [-0.1, -0.05) is 0 Å². The quantitative estimate of drug-likeness (QED) is 0.835. The lowest BCUT2D eigenvalue weighted by atomic mass is 9.97. The van der Waals surface area contributed by atoms with Crippen LogP contribution in [0.3, 0.4) is 0 Å². The van der Waals surface area contributed by atoms with Crippen molar-refractivity contribution in [3.05, 3.63) is 23.8 Å². The number of carboxylic acids is 1. The standard InChI is InChI=1S/C12H15N3O3/c1-8-6-14-10(7-13-8)11(16)15-4-2-9(3-5-15)12(17)18/h6-7,9H,2-5H2,1H3,(H,17,18). The smallest absolute Gasteiger partial charge is 0.306 e. The van der Waals surface area contributed by atoms with Gasteiger partial charge in [0, 0.05) is 19.3 Å². The zero-order chi connectivity index (χ0) is 13.1. The van der Waals surface area contributed by atoms with E-state index >= 15 is 0 Å². The minimum Gasteiger partial charge on any atom is -0.481 e. The number of carbonyl (C=O) groups is 2. The third kappa shape index (κ3) is 2.64. The molecule has 1 aromatic heterocycles. The predicted octanol–water partition coefficient (Wildman–Crippen LogP) is 0.722. The number of aliphatic carboxylic acids is 1. The fourth-order valence-electron chi connectivity index (χ4n) is 1.99. The van der Waals surface area contributed by atoms with Crippen LogP contribution in [0.25, 0.3) is 0 Å². The Labute approximate surface area is 105 Å². The molecular formula is C12H15N3O3. The van der Waals surface area contributed by atoms with Gasteiger partial charge < -0.3 is 10.0 Å². The second-order valence-electron chi connectivity index (χ2n) is 4.45. The topological polar surface area (TPSA) is 83.4 Å². The second-order valence-corrected chi connectivity index (χ2v) is 4.45. The number of hydrogen-bond acceptors (Lipinski definition) is 4. The van der Waals surface area contributed by atoms with Crippen molar-refractivity contribution in [2.45, 2.75) is 19.8 Å². The Morgan fingerprint density at radius 3 is 2.44 bits per heavy atom. The summed E-state index contributed by atoms with van der Waals surface area (Å²) in [6.07, 6.45) is 4.01. The first-order valence-electron chi connectivity index (χ1n) is 5.88. The van der Waals surface area contributed by atoms with Gasteiger partial charge >= 0.3 is 5.97 Å². The number of aryl methyl sites for hydroxylation is 1. The molecule has 0 bridgehead atoms. The van der Waals surface area contributed by atoms with Crippen LogP contribution in [-0.4, -0.2) is 44.9 Å². The SMILES string of the molecule is Cc1cnc(C(=O)N2CCC(C(=O)O)CC2)cn1. The highest BCUT2D eigenvalue weighted by Gasteiger charge is 2.27. The summed E-state index contributed by atoms with van der Waals surface area (Å²) in [5.41, 5.74) is 1.07. The first-order chi connectivity index (χ1) is 8.58. The minimum absolute atomic E-state index is 0.175. The third-order valence-corrected chi connectivity index (χ3v) is 3.13. The van der Waals surface area contributed by atoms with Crippen LogP contribution in [0.15, 0.2) is 12.4 Å². The summed E-state index contributed by atoms with van der Waals surface area (Å²) in [5, 5.41) is 8.88. The van der Waals surface area contributed by atoms with E-state index in [1.165, 1.54) is 6.20 Å². The molecule has 1 fully saturated rings. The van der Waals surface area contributed by atoms with Gasteiger partial charge in [0.25, 0.3) is 5.91 Å². The molecule has 0 spiro atoms. The van der Waals surface area contributed by atoms with Crippen molar-refractivity contribution >= 4 is 11.9 Å². The van der Waals surface area contributed by atoms with Gasteiger partial charge in [-0.25, -0.2) is 4.98 Å². The summed E-state index contributed by atoms with van der Waals surface area (Å²) in [6, 6.07) is 0. The molecule has 1 aliphatic heterocycles. The van der Waals surface area contributed by atoms with E-state index in [1.54, 1.807) is 18.0 Å². The van der Waals surface area contributed by atoms with Crippen LogP contribution in [0.2, 0.25) is 0 Å². The fourth-order valence-corrected chi connectivity index (χ4v) is 1.99. The number of carbonyl (C=O) groups excluding carboxylic acids is 1. The molecule has 0 atom stereocenters. The number of aromatic nitrogens is 2. The van der Waals surface area contributed by atoms with Gasteiger partial charge in [0.2, 0.25) is 0 Å². The summed E-state index contributed by atoms with van der Waals surface area (Å²) < 4.78 is 0. The molecule has 1 saturated heterocycles. The Hall–Kier alpha value is -1.98. The van der Waals surface area contributed by atoms with Gasteiger partial charge in [-0.2, -0.15) is 0 Å². The molecule has 2 heterocycles. The van der Waals surface area contributed by atoms with Crippen LogP contribution >= 0.6 is 0 Å². The molecule has 0 saturated carbocycles. The van der Waals surface area contributed by atoms with Crippen molar-refractivity contribution in [3.8, 4) is 0 Å².